The molecule has 11 heteroatoms. The van der Waals surface area contributed by atoms with Gasteiger partial charge in [0.1, 0.15) is 10.8 Å². The summed E-state index contributed by atoms with van der Waals surface area (Å²) in [5.41, 5.74) is 3.60. The van der Waals surface area contributed by atoms with E-state index < -0.39 is 0 Å². The van der Waals surface area contributed by atoms with Gasteiger partial charge in [-0.2, -0.15) is 10.2 Å². The minimum absolute atomic E-state index is 0.195. The highest BCUT2D eigenvalue weighted by Gasteiger charge is 2.17. The van der Waals surface area contributed by atoms with Gasteiger partial charge in [-0.25, -0.2) is 4.39 Å². The first-order chi connectivity index (χ1) is 16.2. The van der Waals surface area contributed by atoms with E-state index in [2.05, 4.69) is 20.8 Å². The van der Waals surface area contributed by atoms with Crippen molar-refractivity contribution >= 4 is 63.6 Å². The fourth-order valence-electron chi connectivity index (χ4n) is 3.46. The SMILES string of the molecule is Cc1nn(Cc2c(F)cccc2Cl)c(C)c1NC(=S)Nc1nn(Cc2ccc(Cl)cc2)cc1Cl. The fraction of sp³-hybridized carbons (Fsp3) is 0.174. The Morgan fingerprint density at radius 2 is 1.71 bits per heavy atom. The Hall–Kier alpha value is -2.65. The molecule has 0 spiro atoms. The molecule has 2 N–H and O–H groups in total. The standard InChI is InChI=1S/C23H20Cl3FN6S/c1-13-21(14(2)33(30-13)11-17-18(25)4-3-5-20(17)27)28-23(34)29-22-19(26)12-32(31-22)10-15-6-8-16(24)9-7-15/h3-9,12H,10-11H2,1-2H3,(H2,28,29,31,34). The van der Waals surface area contributed by atoms with Crippen LogP contribution in [0.25, 0.3) is 0 Å². The lowest BCUT2D eigenvalue weighted by Gasteiger charge is -2.11. The number of nitrogens with zero attached hydrogens (tertiary/aromatic N) is 4. The first-order valence-corrected chi connectivity index (χ1v) is 11.8. The quantitative estimate of drug-likeness (QED) is 0.268. The van der Waals surface area contributed by atoms with Gasteiger partial charge in [0.2, 0.25) is 0 Å². The van der Waals surface area contributed by atoms with Crippen LogP contribution in [0.15, 0.2) is 48.7 Å². The highest BCUT2D eigenvalue weighted by atomic mass is 35.5. The van der Waals surface area contributed by atoms with Crippen molar-refractivity contribution in [3.8, 4) is 0 Å². The second-order valence-corrected chi connectivity index (χ2v) is 9.29. The van der Waals surface area contributed by atoms with E-state index in [4.69, 9.17) is 47.0 Å². The van der Waals surface area contributed by atoms with Gasteiger partial charge in [0, 0.05) is 21.8 Å². The van der Waals surface area contributed by atoms with Crippen molar-refractivity contribution in [3.05, 3.63) is 92.1 Å². The molecule has 0 aliphatic carbocycles. The Morgan fingerprint density at radius 3 is 2.41 bits per heavy atom. The average Bonchev–Trinajstić information content (AvgIpc) is 3.25. The summed E-state index contributed by atoms with van der Waals surface area (Å²) in [7, 11) is 0. The van der Waals surface area contributed by atoms with E-state index in [1.54, 1.807) is 27.7 Å². The Kier molecular flexibility index (Phi) is 7.42. The van der Waals surface area contributed by atoms with E-state index in [1.807, 2.05) is 38.1 Å². The maximum atomic E-state index is 14.2. The van der Waals surface area contributed by atoms with Crippen molar-refractivity contribution < 1.29 is 4.39 Å². The van der Waals surface area contributed by atoms with Crippen LogP contribution in [0, 0.1) is 19.7 Å². The van der Waals surface area contributed by atoms with Crippen LogP contribution in [-0.2, 0) is 13.1 Å². The zero-order chi connectivity index (χ0) is 24.4. The summed E-state index contributed by atoms with van der Waals surface area (Å²) in [5, 5.41) is 16.9. The zero-order valence-electron chi connectivity index (χ0n) is 18.2. The highest BCUT2D eigenvalue weighted by molar-refractivity contribution is 7.80. The minimum Gasteiger partial charge on any atom is -0.329 e. The number of hydrogen-bond donors (Lipinski definition) is 2. The maximum Gasteiger partial charge on any atom is 0.176 e. The number of aromatic nitrogens is 4. The molecular formula is C23H20Cl3FN6S. The molecule has 2 heterocycles. The molecule has 4 rings (SSSR count). The minimum atomic E-state index is -0.379. The molecule has 2 aromatic heterocycles. The molecule has 6 nitrogen and oxygen atoms in total. The Balaban J connectivity index is 1.45. The Morgan fingerprint density at radius 1 is 0.971 bits per heavy atom. The number of hydrogen-bond acceptors (Lipinski definition) is 3. The van der Waals surface area contributed by atoms with Crippen LogP contribution in [0.5, 0.6) is 0 Å². The third-order valence-electron chi connectivity index (χ3n) is 5.20. The summed E-state index contributed by atoms with van der Waals surface area (Å²) in [5.74, 6) is 0.0459. The summed E-state index contributed by atoms with van der Waals surface area (Å²) in [4.78, 5) is 0. The van der Waals surface area contributed by atoms with E-state index in [0.717, 1.165) is 11.3 Å². The van der Waals surface area contributed by atoms with Crippen molar-refractivity contribution in [1.29, 1.82) is 0 Å². The lowest BCUT2D eigenvalue weighted by molar-refractivity contribution is 0.579. The first-order valence-electron chi connectivity index (χ1n) is 10.2. The monoisotopic (exact) mass is 536 g/mol. The lowest BCUT2D eigenvalue weighted by atomic mass is 10.2. The fourth-order valence-corrected chi connectivity index (χ4v) is 4.20. The van der Waals surface area contributed by atoms with E-state index >= 15 is 0 Å². The molecule has 0 aliphatic heterocycles. The summed E-state index contributed by atoms with van der Waals surface area (Å²) < 4.78 is 17.6. The van der Waals surface area contributed by atoms with Crippen molar-refractivity contribution in [2.75, 3.05) is 10.6 Å². The van der Waals surface area contributed by atoms with Crippen LogP contribution in [0.3, 0.4) is 0 Å². The zero-order valence-corrected chi connectivity index (χ0v) is 21.3. The van der Waals surface area contributed by atoms with Gasteiger partial charge in [-0.3, -0.25) is 9.36 Å². The number of halogens is 4. The molecule has 176 valence electrons. The molecule has 0 saturated heterocycles. The average molecular weight is 538 g/mol. The van der Waals surface area contributed by atoms with E-state index in [-0.39, 0.29) is 12.4 Å². The van der Waals surface area contributed by atoms with E-state index in [1.165, 1.54) is 6.07 Å². The van der Waals surface area contributed by atoms with Gasteiger partial charge in [-0.1, -0.05) is 53.0 Å². The van der Waals surface area contributed by atoms with Gasteiger partial charge >= 0.3 is 0 Å². The number of anilines is 2. The molecule has 4 aromatic rings. The molecule has 0 aliphatic rings. The molecule has 0 atom stereocenters. The smallest absolute Gasteiger partial charge is 0.176 e. The van der Waals surface area contributed by atoms with Gasteiger partial charge in [-0.15, -0.1) is 0 Å². The molecule has 0 fully saturated rings. The van der Waals surface area contributed by atoms with Crippen LogP contribution in [0.1, 0.15) is 22.5 Å². The van der Waals surface area contributed by atoms with Crippen molar-refractivity contribution in [1.82, 2.24) is 19.6 Å². The summed E-state index contributed by atoms with van der Waals surface area (Å²) >= 11 is 23.9. The molecule has 0 bridgehead atoms. The van der Waals surface area contributed by atoms with Gasteiger partial charge < -0.3 is 10.6 Å². The molecular weight excluding hydrogens is 518 g/mol. The number of aryl methyl sites for hydroxylation is 1. The largest absolute Gasteiger partial charge is 0.329 e. The van der Waals surface area contributed by atoms with Gasteiger partial charge in [0.25, 0.3) is 0 Å². The lowest BCUT2D eigenvalue weighted by Crippen LogP contribution is -2.20. The molecule has 0 radical (unpaired) electrons. The Labute approximate surface area is 216 Å². The van der Waals surface area contributed by atoms with Crippen LogP contribution in [0.2, 0.25) is 15.1 Å². The molecule has 0 amide bonds. The Bertz CT molecular complexity index is 1330. The van der Waals surface area contributed by atoms with Crippen LogP contribution in [0.4, 0.5) is 15.9 Å². The van der Waals surface area contributed by atoms with Crippen molar-refractivity contribution in [2.24, 2.45) is 0 Å². The predicted octanol–water partition coefficient (Wildman–Crippen LogP) is 6.70. The molecule has 0 saturated carbocycles. The first kappa shape index (κ1) is 24.5. The summed E-state index contributed by atoms with van der Waals surface area (Å²) in [6, 6.07) is 12.1. The summed E-state index contributed by atoms with van der Waals surface area (Å²) in [6.45, 7) is 4.43. The second kappa shape index (κ2) is 10.3. The van der Waals surface area contributed by atoms with Crippen molar-refractivity contribution in [3.63, 3.8) is 0 Å². The maximum absolute atomic E-state index is 14.2. The van der Waals surface area contributed by atoms with Crippen LogP contribution >= 0.6 is 47.0 Å². The third-order valence-corrected chi connectivity index (χ3v) is 6.28. The number of nitrogens with one attached hydrogen (secondary N) is 2. The van der Waals surface area contributed by atoms with E-state index in [0.29, 0.717) is 49.5 Å². The molecule has 2 aromatic carbocycles. The van der Waals surface area contributed by atoms with E-state index in [9.17, 15) is 4.39 Å². The van der Waals surface area contributed by atoms with Crippen molar-refractivity contribution in [2.45, 2.75) is 26.9 Å². The predicted molar refractivity (Wildman–Crippen MR) is 140 cm³/mol. The van der Waals surface area contributed by atoms with Gasteiger partial charge in [-0.05, 0) is 55.9 Å². The number of rotatable bonds is 6. The molecule has 0 unspecified atom stereocenters. The van der Waals surface area contributed by atoms with Crippen LogP contribution in [-0.4, -0.2) is 24.7 Å². The summed E-state index contributed by atoms with van der Waals surface area (Å²) in [6.07, 6.45) is 1.72. The van der Waals surface area contributed by atoms with Crippen LogP contribution < -0.4 is 10.6 Å². The third kappa shape index (κ3) is 5.52. The number of benzene rings is 2. The highest BCUT2D eigenvalue weighted by Crippen LogP contribution is 2.25. The molecule has 34 heavy (non-hydrogen) atoms. The van der Waals surface area contributed by atoms with Gasteiger partial charge in [0.05, 0.1) is 30.2 Å². The normalized spacial score (nSPS) is 11.0. The topological polar surface area (TPSA) is 59.7 Å². The second-order valence-electron chi connectivity index (χ2n) is 7.63. The van der Waals surface area contributed by atoms with Gasteiger partial charge in [0.15, 0.2) is 10.9 Å². The number of thiocarbonyl (C=S) groups is 1.